The van der Waals surface area contributed by atoms with Crippen LogP contribution in [0.2, 0.25) is 0 Å². The zero-order chi connectivity index (χ0) is 14.8. The molecule has 1 aromatic carbocycles. The molecule has 2 aliphatic rings. The fraction of sp³-hybridized carbons (Fsp3) is 0.588. The molecule has 0 aliphatic heterocycles. The zero-order valence-corrected chi connectivity index (χ0v) is 12.2. The Morgan fingerprint density at radius 1 is 1.10 bits per heavy atom. The molecule has 3 nitrogen and oxygen atoms in total. The third kappa shape index (κ3) is 3.62. The quantitative estimate of drug-likeness (QED) is 0.876. The van der Waals surface area contributed by atoms with Crippen molar-refractivity contribution >= 4 is 5.91 Å². The molecule has 1 aromatic rings. The van der Waals surface area contributed by atoms with Crippen LogP contribution in [0.25, 0.3) is 0 Å². The lowest BCUT2D eigenvalue weighted by molar-refractivity contribution is -0.122. The molecular formula is C17H23FN2O. The number of benzene rings is 1. The standard InChI is InChI=1S/C17H23FN2O/c18-14-7-3-12(4-8-14)16(11-1-2-11)20-15-9-5-13(6-10-15)17(19)21/h3-4,7-8,11,13,15-16,20H,1-2,5-6,9-10H2,(H2,19,21). The van der Waals surface area contributed by atoms with Gasteiger partial charge in [-0.1, -0.05) is 12.1 Å². The summed E-state index contributed by atoms with van der Waals surface area (Å²) in [6.45, 7) is 0. The molecule has 114 valence electrons. The van der Waals surface area contributed by atoms with Gasteiger partial charge in [-0.15, -0.1) is 0 Å². The van der Waals surface area contributed by atoms with Crippen molar-refractivity contribution in [3.8, 4) is 0 Å². The second-order valence-electron chi connectivity index (χ2n) is 6.48. The number of halogens is 1. The summed E-state index contributed by atoms with van der Waals surface area (Å²) in [7, 11) is 0. The Hall–Kier alpha value is -1.42. The first-order chi connectivity index (χ1) is 10.1. The first-order valence-corrected chi connectivity index (χ1v) is 7.94. The van der Waals surface area contributed by atoms with E-state index in [1.54, 1.807) is 0 Å². The summed E-state index contributed by atoms with van der Waals surface area (Å²) in [5.74, 6) is 0.374. The minimum absolute atomic E-state index is 0.0493. The minimum atomic E-state index is -0.185. The van der Waals surface area contributed by atoms with Crippen molar-refractivity contribution in [1.82, 2.24) is 5.32 Å². The molecular weight excluding hydrogens is 267 g/mol. The highest BCUT2D eigenvalue weighted by Gasteiger charge is 2.34. The number of hydrogen-bond donors (Lipinski definition) is 2. The SMILES string of the molecule is NC(=O)C1CCC(NC(c2ccc(F)cc2)C2CC2)CC1. The van der Waals surface area contributed by atoms with Gasteiger partial charge in [0.15, 0.2) is 0 Å². The summed E-state index contributed by atoms with van der Waals surface area (Å²) in [6, 6.07) is 7.62. The summed E-state index contributed by atoms with van der Waals surface area (Å²) in [6.07, 6.45) is 6.25. The van der Waals surface area contributed by atoms with E-state index >= 15 is 0 Å². The number of rotatable bonds is 5. The zero-order valence-electron chi connectivity index (χ0n) is 12.2. The maximum Gasteiger partial charge on any atom is 0.220 e. The van der Waals surface area contributed by atoms with E-state index in [0.29, 0.717) is 18.0 Å². The van der Waals surface area contributed by atoms with Crippen LogP contribution in [0.3, 0.4) is 0 Å². The minimum Gasteiger partial charge on any atom is -0.369 e. The van der Waals surface area contributed by atoms with Crippen molar-refractivity contribution in [2.45, 2.75) is 50.6 Å². The van der Waals surface area contributed by atoms with Crippen LogP contribution in [0.15, 0.2) is 24.3 Å². The number of nitrogens with one attached hydrogen (secondary N) is 1. The molecule has 2 aliphatic carbocycles. The van der Waals surface area contributed by atoms with Gasteiger partial charge in [0.25, 0.3) is 0 Å². The van der Waals surface area contributed by atoms with Crippen LogP contribution in [-0.4, -0.2) is 11.9 Å². The van der Waals surface area contributed by atoms with Crippen molar-refractivity contribution < 1.29 is 9.18 Å². The summed E-state index contributed by atoms with van der Waals surface area (Å²) in [5.41, 5.74) is 6.56. The monoisotopic (exact) mass is 290 g/mol. The Kier molecular flexibility index (Phi) is 4.24. The predicted molar refractivity (Wildman–Crippen MR) is 79.9 cm³/mol. The van der Waals surface area contributed by atoms with Gasteiger partial charge in [0.1, 0.15) is 5.82 Å². The number of primary amides is 1. The topological polar surface area (TPSA) is 55.1 Å². The highest BCUT2D eigenvalue weighted by molar-refractivity contribution is 5.76. The van der Waals surface area contributed by atoms with E-state index in [0.717, 1.165) is 25.7 Å². The first-order valence-electron chi connectivity index (χ1n) is 7.94. The summed E-state index contributed by atoms with van der Waals surface area (Å²) in [4.78, 5) is 11.2. The van der Waals surface area contributed by atoms with Crippen molar-refractivity contribution in [1.29, 1.82) is 0 Å². The van der Waals surface area contributed by atoms with Crippen LogP contribution >= 0.6 is 0 Å². The Balaban J connectivity index is 1.61. The second kappa shape index (κ2) is 6.14. The maximum atomic E-state index is 13.1. The van der Waals surface area contributed by atoms with E-state index in [1.165, 1.54) is 30.5 Å². The third-order valence-corrected chi connectivity index (χ3v) is 4.87. The van der Waals surface area contributed by atoms with E-state index in [4.69, 9.17) is 5.73 Å². The highest BCUT2D eigenvalue weighted by Crippen LogP contribution is 2.42. The second-order valence-corrected chi connectivity index (χ2v) is 6.48. The summed E-state index contributed by atoms with van der Waals surface area (Å²) >= 11 is 0. The van der Waals surface area contributed by atoms with Crippen molar-refractivity contribution in [2.75, 3.05) is 0 Å². The first kappa shape index (κ1) is 14.5. The normalized spacial score (nSPS) is 27.3. The number of hydrogen-bond acceptors (Lipinski definition) is 2. The summed E-state index contributed by atoms with van der Waals surface area (Å²) < 4.78 is 13.1. The fourth-order valence-corrected chi connectivity index (χ4v) is 3.40. The highest BCUT2D eigenvalue weighted by atomic mass is 19.1. The summed E-state index contributed by atoms with van der Waals surface area (Å²) in [5, 5.41) is 3.74. The van der Waals surface area contributed by atoms with E-state index < -0.39 is 0 Å². The molecule has 0 aromatic heterocycles. The molecule has 0 bridgehead atoms. The van der Waals surface area contributed by atoms with E-state index in [-0.39, 0.29) is 17.6 Å². The van der Waals surface area contributed by atoms with Crippen molar-refractivity contribution in [3.05, 3.63) is 35.6 Å². The Bertz CT molecular complexity index is 490. The molecule has 2 fully saturated rings. The molecule has 0 saturated heterocycles. The number of carbonyl (C=O) groups is 1. The lowest BCUT2D eigenvalue weighted by Crippen LogP contribution is -2.39. The van der Waals surface area contributed by atoms with Gasteiger partial charge in [-0.05, 0) is 62.1 Å². The largest absolute Gasteiger partial charge is 0.369 e. The third-order valence-electron chi connectivity index (χ3n) is 4.87. The molecule has 1 amide bonds. The van der Waals surface area contributed by atoms with Gasteiger partial charge in [0.05, 0.1) is 0 Å². The van der Waals surface area contributed by atoms with Crippen LogP contribution < -0.4 is 11.1 Å². The predicted octanol–water partition coefficient (Wildman–Crippen LogP) is 2.91. The van der Waals surface area contributed by atoms with Crippen LogP contribution in [-0.2, 0) is 4.79 Å². The van der Waals surface area contributed by atoms with Crippen molar-refractivity contribution in [3.63, 3.8) is 0 Å². The maximum absolute atomic E-state index is 13.1. The Morgan fingerprint density at radius 2 is 1.71 bits per heavy atom. The van der Waals surface area contributed by atoms with Gasteiger partial charge in [0, 0.05) is 18.0 Å². The lowest BCUT2D eigenvalue weighted by atomic mass is 9.85. The fourth-order valence-electron chi connectivity index (χ4n) is 3.40. The molecule has 0 radical (unpaired) electrons. The molecule has 2 saturated carbocycles. The van der Waals surface area contributed by atoms with Gasteiger partial charge in [-0.2, -0.15) is 0 Å². The smallest absolute Gasteiger partial charge is 0.220 e. The van der Waals surface area contributed by atoms with Gasteiger partial charge in [0.2, 0.25) is 5.91 Å². The van der Waals surface area contributed by atoms with E-state index in [9.17, 15) is 9.18 Å². The van der Waals surface area contributed by atoms with Gasteiger partial charge in [-0.3, -0.25) is 4.79 Å². The average Bonchev–Trinajstić information content (AvgIpc) is 3.31. The van der Waals surface area contributed by atoms with Gasteiger partial charge in [-0.25, -0.2) is 4.39 Å². The van der Waals surface area contributed by atoms with Crippen LogP contribution in [0.4, 0.5) is 4.39 Å². The molecule has 3 N–H and O–H groups in total. The lowest BCUT2D eigenvalue weighted by Gasteiger charge is -2.31. The number of amides is 1. The molecule has 4 heteroatoms. The van der Waals surface area contributed by atoms with Crippen LogP contribution in [0.5, 0.6) is 0 Å². The van der Waals surface area contributed by atoms with E-state index in [1.807, 2.05) is 12.1 Å². The Morgan fingerprint density at radius 3 is 2.24 bits per heavy atom. The average molecular weight is 290 g/mol. The molecule has 21 heavy (non-hydrogen) atoms. The number of nitrogens with two attached hydrogens (primary N) is 1. The van der Waals surface area contributed by atoms with Crippen LogP contribution in [0, 0.1) is 17.7 Å². The molecule has 1 atom stereocenters. The van der Waals surface area contributed by atoms with Crippen molar-refractivity contribution in [2.24, 2.45) is 17.6 Å². The van der Waals surface area contributed by atoms with Crippen LogP contribution in [0.1, 0.15) is 50.1 Å². The molecule has 3 rings (SSSR count). The molecule has 1 unspecified atom stereocenters. The van der Waals surface area contributed by atoms with Gasteiger partial charge < -0.3 is 11.1 Å². The molecule has 0 heterocycles. The van der Waals surface area contributed by atoms with Gasteiger partial charge >= 0.3 is 0 Å². The van der Waals surface area contributed by atoms with E-state index in [2.05, 4.69) is 5.32 Å². The molecule has 0 spiro atoms. The number of carbonyl (C=O) groups excluding carboxylic acids is 1. The Labute approximate surface area is 125 Å².